The second-order valence-corrected chi connectivity index (χ2v) is 10.0. The van der Waals surface area contributed by atoms with Gasteiger partial charge in [-0.2, -0.15) is 0 Å². The average Bonchev–Trinajstić information content (AvgIpc) is 2.82. The Morgan fingerprint density at radius 2 is 1.75 bits per heavy atom. The average molecular weight is 451 g/mol. The van der Waals surface area contributed by atoms with Crippen molar-refractivity contribution in [3.8, 4) is 5.75 Å². The van der Waals surface area contributed by atoms with Crippen molar-refractivity contribution in [2.24, 2.45) is 5.92 Å². The van der Waals surface area contributed by atoms with Crippen LogP contribution in [0.4, 0.5) is 11.4 Å². The monoisotopic (exact) mass is 450 g/mol. The molecular formula is C25H26N2O4S. The predicted octanol–water partition coefficient (Wildman–Crippen LogP) is 4.36. The lowest BCUT2D eigenvalue weighted by Crippen LogP contribution is -2.39. The third-order valence-corrected chi connectivity index (χ3v) is 7.55. The molecule has 0 saturated carbocycles. The Morgan fingerprint density at radius 1 is 1.03 bits per heavy atom. The van der Waals surface area contributed by atoms with E-state index in [1.54, 1.807) is 48.4 Å². The molecule has 166 valence electrons. The Hall–Kier alpha value is -3.32. The van der Waals surface area contributed by atoms with Gasteiger partial charge in [0, 0.05) is 24.8 Å². The van der Waals surface area contributed by atoms with Gasteiger partial charge in [-0.1, -0.05) is 31.2 Å². The molecule has 1 unspecified atom stereocenters. The minimum Gasteiger partial charge on any atom is -0.497 e. The smallest absolute Gasteiger partial charge is 0.264 e. The summed E-state index contributed by atoms with van der Waals surface area (Å²) < 4.78 is 32.9. The van der Waals surface area contributed by atoms with Gasteiger partial charge in [0.25, 0.3) is 15.9 Å². The lowest BCUT2D eigenvalue weighted by Gasteiger charge is -2.33. The molecule has 0 radical (unpaired) electrons. The number of carbonyl (C=O) groups excluding carboxylic acids is 1. The van der Waals surface area contributed by atoms with E-state index in [2.05, 4.69) is 6.92 Å². The maximum Gasteiger partial charge on any atom is 0.264 e. The van der Waals surface area contributed by atoms with Gasteiger partial charge in [0.1, 0.15) is 5.75 Å². The van der Waals surface area contributed by atoms with Gasteiger partial charge in [0.05, 0.1) is 17.7 Å². The molecule has 3 aromatic rings. The molecule has 1 atom stereocenters. The molecule has 1 aliphatic heterocycles. The lowest BCUT2D eigenvalue weighted by molar-refractivity contribution is 0.0981. The van der Waals surface area contributed by atoms with E-state index in [-0.39, 0.29) is 10.8 Å². The molecule has 0 N–H and O–H groups in total. The number of hydrogen-bond donors (Lipinski definition) is 0. The van der Waals surface area contributed by atoms with Gasteiger partial charge < -0.3 is 9.64 Å². The summed E-state index contributed by atoms with van der Waals surface area (Å²) >= 11 is 0. The van der Waals surface area contributed by atoms with Crippen molar-refractivity contribution in [2.75, 3.05) is 29.9 Å². The maximum absolute atomic E-state index is 13.4. The number of nitrogens with zero attached hydrogens (tertiary/aromatic N) is 2. The van der Waals surface area contributed by atoms with E-state index in [0.717, 1.165) is 17.7 Å². The third kappa shape index (κ3) is 4.08. The molecule has 0 saturated heterocycles. The molecule has 0 bridgehead atoms. The minimum absolute atomic E-state index is 0.0695. The summed E-state index contributed by atoms with van der Waals surface area (Å²) in [6.07, 6.45) is 0.918. The van der Waals surface area contributed by atoms with Crippen LogP contribution in [0.1, 0.15) is 22.8 Å². The fourth-order valence-electron chi connectivity index (χ4n) is 4.02. The van der Waals surface area contributed by atoms with E-state index in [0.29, 0.717) is 29.5 Å². The lowest BCUT2D eigenvalue weighted by atomic mass is 9.93. The van der Waals surface area contributed by atoms with Crippen LogP contribution in [0.15, 0.2) is 77.7 Å². The predicted molar refractivity (Wildman–Crippen MR) is 126 cm³/mol. The minimum atomic E-state index is -3.85. The molecule has 1 heterocycles. The zero-order valence-electron chi connectivity index (χ0n) is 18.4. The number of rotatable bonds is 5. The van der Waals surface area contributed by atoms with Crippen LogP contribution >= 0.6 is 0 Å². The Kier molecular flexibility index (Phi) is 5.93. The Labute approximate surface area is 189 Å². The van der Waals surface area contributed by atoms with Crippen molar-refractivity contribution >= 4 is 27.3 Å². The van der Waals surface area contributed by atoms with E-state index in [1.165, 1.54) is 23.5 Å². The van der Waals surface area contributed by atoms with Gasteiger partial charge in [-0.25, -0.2) is 8.42 Å². The summed E-state index contributed by atoms with van der Waals surface area (Å²) in [7, 11) is -0.799. The number of methoxy groups -OCH3 is 1. The largest absolute Gasteiger partial charge is 0.497 e. The molecular weight excluding hydrogens is 424 g/mol. The SMILES string of the molecule is COc1ccc(N(C)S(=O)(=O)c2cccc(C(=O)N3CC(C)Cc4ccccc43)c2)cc1. The molecule has 4 rings (SSSR count). The van der Waals surface area contributed by atoms with Gasteiger partial charge >= 0.3 is 0 Å². The summed E-state index contributed by atoms with van der Waals surface area (Å²) in [5.74, 6) is 0.762. The van der Waals surface area contributed by atoms with Gasteiger partial charge in [-0.05, 0) is 66.4 Å². The normalized spacial score (nSPS) is 15.7. The van der Waals surface area contributed by atoms with Crippen molar-refractivity contribution in [2.45, 2.75) is 18.2 Å². The second kappa shape index (κ2) is 8.67. The number of anilines is 2. The van der Waals surface area contributed by atoms with Crippen LogP contribution in [0.5, 0.6) is 5.75 Å². The first-order valence-electron chi connectivity index (χ1n) is 10.4. The van der Waals surface area contributed by atoms with E-state index in [9.17, 15) is 13.2 Å². The van der Waals surface area contributed by atoms with Crippen molar-refractivity contribution in [3.05, 3.63) is 83.9 Å². The summed E-state index contributed by atoms with van der Waals surface area (Å²) in [6, 6.07) is 20.9. The number of carbonyl (C=O) groups is 1. The topological polar surface area (TPSA) is 66.9 Å². The van der Waals surface area contributed by atoms with E-state index >= 15 is 0 Å². The van der Waals surface area contributed by atoms with Crippen molar-refractivity contribution in [1.29, 1.82) is 0 Å². The van der Waals surface area contributed by atoms with Gasteiger partial charge in [-0.3, -0.25) is 9.10 Å². The first-order chi connectivity index (χ1) is 15.3. The highest BCUT2D eigenvalue weighted by molar-refractivity contribution is 7.92. The summed E-state index contributed by atoms with van der Waals surface area (Å²) in [5, 5.41) is 0. The third-order valence-electron chi connectivity index (χ3n) is 5.77. The number of amides is 1. The van der Waals surface area contributed by atoms with Crippen LogP contribution in [-0.4, -0.2) is 35.0 Å². The molecule has 0 aliphatic carbocycles. The van der Waals surface area contributed by atoms with Crippen LogP contribution in [-0.2, 0) is 16.4 Å². The van der Waals surface area contributed by atoms with Crippen LogP contribution in [0.3, 0.4) is 0 Å². The molecule has 0 aromatic heterocycles. The number of sulfonamides is 1. The Balaban J connectivity index is 1.65. The standard InChI is InChI=1S/C25H26N2O4S/c1-18-15-19-7-4-5-10-24(19)27(17-18)25(28)20-8-6-9-23(16-20)32(29,30)26(2)21-11-13-22(31-3)14-12-21/h4-14,16,18H,15,17H2,1-3H3. The Bertz CT molecular complexity index is 1240. The molecule has 1 aliphatic rings. The van der Waals surface area contributed by atoms with Crippen molar-refractivity contribution in [1.82, 2.24) is 0 Å². The number of para-hydroxylation sites is 1. The highest BCUT2D eigenvalue weighted by atomic mass is 32.2. The zero-order valence-corrected chi connectivity index (χ0v) is 19.2. The molecule has 0 fully saturated rings. The van der Waals surface area contributed by atoms with Crippen LogP contribution in [0.25, 0.3) is 0 Å². The summed E-state index contributed by atoms with van der Waals surface area (Å²) in [5.41, 5.74) is 2.86. The first-order valence-corrected chi connectivity index (χ1v) is 11.9. The number of benzene rings is 3. The maximum atomic E-state index is 13.4. The summed E-state index contributed by atoms with van der Waals surface area (Å²) in [4.78, 5) is 15.2. The van der Waals surface area contributed by atoms with Crippen LogP contribution in [0.2, 0.25) is 0 Å². The quantitative estimate of drug-likeness (QED) is 0.579. The molecule has 6 nitrogen and oxygen atoms in total. The molecule has 7 heteroatoms. The first kappa shape index (κ1) is 21.9. The molecule has 1 amide bonds. The van der Waals surface area contributed by atoms with Crippen molar-refractivity contribution in [3.63, 3.8) is 0 Å². The van der Waals surface area contributed by atoms with E-state index in [1.807, 2.05) is 24.3 Å². The highest BCUT2D eigenvalue weighted by Crippen LogP contribution is 2.31. The van der Waals surface area contributed by atoms with Gasteiger partial charge in [0.15, 0.2) is 0 Å². The molecule has 3 aromatic carbocycles. The number of ether oxygens (including phenoxy) is 1. The fraction of sp³-hybridized carbons (Fsp3) is 0.240. The number of fused-ring (bicyclic) bond motifs is 1. The van der Waals surface area contributed by atoms with Crippen molar-refractivity contribution < 1.29 is 17.9 Å². The van der Waals surface area contributed by atoms with Gasteiger partial charge in [0.2, 0.25) is 0 Å². The molecule has 0 spiro atoms. The zero-order chi connectivity index (χ0) is 22.9. The second-order valence-electron chi connectivity index (χ2n) is 8.05. The van der Waals surface area contributed by atoms with Crippen LogP contribution in [0, 0.1) is 5.92 Å². The summed E-state index contributed by atoms with van der Waals surface area (Å²) in [6.45, 7) is 2.71. The van der Waals surface area contributed by atoms with E-state index in [4.69, 9.17) is 4.74 Å². The molecule has 32 heavy (non-hydrogen) atoms. The fourth-order valence-corrected chi connectivity index (χ4v) is 5.27. The van der Waals surface area contributed by atoms with Crippen LogP contribution < -0.4 is 13.9 Å². The highest BCUT2D eigenvalue weighted by Gasteiger charge is 2.28. The van der Waals surface area contributed by atoms with Gasteiger partial charge in [-0.15, -0.1) is 0 Å². The van der Waals surface area contributed by atoms with E-state index < -0.39 is 10.0 Å². The number of hydrogen-bond acceptors (Lipinski definition) is 4. The Morgan fingerprint density at radius 3 is 2.47 bits per heavy atom.